The van der Waals surface area contributed by atoms with Gasteiger partial charge in [0.2, 0.25) is 10.2 Å². The molecule has 232 valence electrons. The Morgan fingerprint density at radius 1 is 1.16 bits per heavy atom. The second-order valence-corrected chi connectivity index (χ2v) is 14.2. The van der Waals surface area contributed by atoms with Gasteiger partial charge in [-0.1, -0.05) is 35.5 Å². The van der Waals surface area contributed by atoms with Crippen molar-refractivity contribution in [3.05, 3.63) is 89.6 Å². The van der Waals surface area contributed by atoms with Gasteiger partial charge < -0.3 is 19.4 Å². The molecular formula is C29H33N7O5S3. The van der Waals surface area contributed by atoms with E-state index in [1.807, 2.05) is 56.6 Å². The quantitative estimate of drug-likeness (QED) is 0.160. The molecular weight excluding hydrogens is 623 g/mol. The number of nitrogens with two attached hydrogens (primary N) is 1. The maximum absolute atomic E-state index is 13.4. The highest BCUT2D eigenvalue weighted by Crippen LogP contribution is 2.28. The number of nitrogens with one attached hydrogen (secondary N) is 1. The Morgan fingerprint density at radius 2 is 1.95 bits per heavy atom. The number of primary sulfonamides is 1. The first kappa shape index (κ1) is 31.7. The normalized spacial score (nSPS) is 12.5. The van der Waals surface area contributed by atoms with E-state index < -0.39 is 16.1 Å². The van der Waals surface area contributed by atoms with Crippen LogP contribution in [-0.4, -0.2) is 65.6 Å². The standard InChI is InChI=1S/C29H33N7O5S3/c1-35(2)17-23-8-9-24(41-23)19-42-13-12-31-28(37)26(14-20-6-4-3-5-7-20)36-16-21(33-34-36)18-40-22-10-11-25-27(15-22)43-29(32-25)44(30,38)39/h3-11,15-16,26H,12-14,17-19H2,1-2H3,(H,31,37)(H2,30,38,39). The molecule has 5 aromatic rings. The van der Waals surface area contributed by atoms with Crippen LogP contribution < -0.4 is 15.2 Å². The van der Waals surface area contributed by atoms with Crippen LogP contribution in [0.2, 0.25) is 0 Å². The van der Waals surface area contributed by atoms with Gasteiger partial charge in [-0.2, -0.15) is 11.8 Å². The number of amides is 1. The molecule has 3 heterocycles. The first-order chi connectivity index (χ1) is 21.1. The molecule has 1 atom stereocenters. The van der Waals surface area contributed by atoms with Crippen molar-refractivity contribution >= 4 is 49.2 Å². The maximum Gasteiger partial charge on any atom is 0.265 e. The van der Waals surface area contributed by atoms with Crippen LogP contribution >= 0.6 is 23.1 Å². The molecule has 0 bridgehead atoms. The average molecular weight is 656 g/mol. The SMILES string of the molecule is CN(C)Cc1ccc(CSCCNC(=O)C(Cc2ccccc2)n2cc(COc3ccc4nc(S(N)(=O)=O)sc4c3)nn2)o1. The lowest BCUT2D eigenvalue weighted by atomic mass is 10.1. The molecule has 3 aromatic heterocycles. The smallest absolute Gasteiger partial charge is 0.265 e. The fourth-order valence-corrected chi connectivity index (χ4v) is 6.79. The Labute approximate surface area is 263 Å². The van der Waals surface area contributed by atoms with E-state index in [1.54, 1.807) is 40.8 Å². The van der Waals surface area contributed by atoms with E-state index in [-0.39, 0.29) is 16.9 Å². The Morgan fingerprint density at radius 3 is 2.73 bits per heavy atom. The maximum atomic E-state index is 13.4. The van der Waals surface area contributed by atoms with E-state index in [1.165, 1.54) is 0 Å². The van der Waals surface area contributed by atoms with Gasteiger partial charge in [-0.05, 0) is 50.0 Å². The number of benzene rings is 2. The van der Waals surface area contributed by atoms with Crippen LogP contribution in [0.4, 0.5) is 0 Å². The number of carbonyl (C=O) groups is 1. The molecule has 1 unspecified atom stereocenters. The van der Waals surface area contributed by atoms with Crippen LogP contribution in [0, 0.1) is 0 Å². The van der Waals surface area contributed by atoms with Gasteiger partial charge in [-0.15, -0.1) is 16.4 Å². The highest BCUT2D eigenvalue weighted by Gasteiger charge is 2.23. The summed E-state index contributed by atoms with van der Waals surface area (Å²) in [6.07, 6.45) is 2.15. The van der Waals surface area contributed by atoms with E-state index in [4.69, 9.17) is 14.3 Å². The summed E-state index contributed by atoms with van der Waals surface area (Å²) in [5.74, 6) is 3.66. The summed E-state index contributed by atoms with van der Waals surface area (Å²) in [5, 5.41) is 16.7. The number of fused-ring (bicyclic) bond motifs is 1. The molecule has 0 saturated carbocycles. The lowest BCUT2D eigenvalue weighted by Crippen LogP contribution is -2.35. The topological polar surface area (TPSA) is 158 Å². The van der Waals surface area contributed by atoms with Crippen molar-refractivity contribution in [2.75, 3.05) is 26.4 Å². The third-order valence-corrected chi connectivity index (χ3v) is 9.72. The number of thioether (sulfide) groups is 1. The van der Waals surface area contributed by atoms with Crippen molar-refractivity contribution in [2.45, 2.75) is 35.7 Å². The van der Waals surface area contributed by atoms with Crippen molar-refractivity contribution in [3.63, 3.8) is 0 Å². The first-order valence-electron chi connectivity index (χ1n) is 13.7. The molecule has 0 saturated heterocycles. The van der Waals surface area contributed by atoms with Crippen molar-refractivity contribution in [1.82, 2.24) is 30.2 Å². The summed E-state index contributed by atoms with van der Waals surface area (Å²) in [6, 6.07) is 18.2. The molecule has 2 aromatic carbocycles. The van der Waals surface area contributed by atoms with Gasteiger partial charge in [0.1, 0.15) is 35.6 Å². The molecule has 44 heavy (non-hydrogen) atoms. The molecule has 12 nitrogen and oxygen atoms in total. The largest absolute Gasteiger partial charge is 0.487 e. The second kappa shape index (κ2) is 14.3. The Hall–Kier alpha value is -3.76. The minimum atomic E-state index is -3.88. The molecule has 0 fully saturated rings. The van der Waals surface area contributed by atoms with Crippen molar-refractivity contribution in [2.24, 2.45) is 5.14 Å². The minimum absolute atomic E-state index is 0.103. The van der Waals surface area contributed by atoms with Crippen LogP contribution in [-0.2, 0) is 40.1 Å². The number of hydrogen-bond acceptors (Lipinski definition) is 11. The van der Waals surface area contributed by atoms with Crippen LogP contribution in [0.15, 0.2) is 75.6 Å². The molecule has 0 aliphatic heterocycles. The predicted molar refractivity (Wildman–Crippen MR) is 170 cm³/mol. The summed E-state index contributed by atoms with van der Waals surface area (Å²) in [6.45, 7) is 1.36. The van der Waals surface area contributed by atoms with Crippen LogP contribution in [0.3, 0.4) is 0 Å². The number of carbonyl (C=O) groups excluding carboxylic acids is 1. The summed E-state index contributed by atoms with van der Waals surface area (Å²) < 4.78 is 37.0. The van der Waals surface area contributed by atoms with Crippen LogP contribution in [0.25, 0.3) is 10.2 Å². The van der Waals surface area contributed by atoms with E-state index in [0.717, 1.165) is 46.5 Å². The van der Waals surface area contributed by atoms with Gasteiger partial charge >= 0.3 is 0 Å². The second-order valence-electron chi connectivity index (χ2n) is 10.3. The summed E-state index contributed by atoms with van der Waals surface area (Å²) in [5.41, 5.74) is 2.05. The third kappa shape index (κ3) is 8.66. The van der Waals surface area contributed by atoms with Crippen LogP contribution in [0.5, 0.6) is 5.75 Å². The summed E-state index contributed by atoms with van der Waals surface area (Å²) in [4.78, 5) is 19.5. The highest BCUT2D eigenvalue weighted by atomic mass is 32.2. The Balaban J connectivity index is 1.18. The van der Waals surface area contributed by atoms with E-state index in [9.17, 15) is 13.2 Å². The molecule has 0 radical (unpaired) electrons. The molecule has 0 aliphatic carbocycles. The van der Waals surface area contributed by atoms with Gasteiger partial charge in [-0.3, -0.25) is 4.79 Å². The van der Waals surface area contributed by atoms with Crippen molar-refractivity contribution in [3.8, 4) is 5.75 Å². The molecule has 1 amide bonds. The molecule has 0 aliphatic rings. The zero-order chi connectivity index (χ0) is 31.1. The molecule has 0 spiro atoms. The van der Waals surface area contributed by atoms with Gasteiger partial charge in [0, 0.05) is 18.7 Å². The average Bonchev–Trinajstić information content (AvgIpc) is 3.74. The number of furan rings is 1. The zero-order valence-electron chi connectivity index (χ0n) is 24.3. The molecule has 3 N–H and O–H groups in total. The highest BCUT2D eigenvalue weighted by molar-refractivity contribution is 7.98. The van der Waals surface area contributed by atoms with E-state index in [2.05, 4.69) is 25.5 Å². The molecule has 15 heteroatoms. The number of ether oxygens (including phenoxy) is 1. The fourth-order valence-electron chi connectivity index (χ4n) is 4.36. The van der Waals surface area contributed by atoms with E-state index in [0.29, 0.717) is 34.6 Å². The first-order valence-corrected chi connectivity index (χ1v) is 17.2. The fraction of sp³-hybridized carbons (Fsp3) is 0.310. The number of sulfonamides is 1. The number of thiazole rings is 1. The van der Waals surface area contributed by atoms with Crippen molar-refractivity contribution in [1.29, 1.82) is 0 Å². The zero-order valence-corrected chi connectivity index (χ0v) is 26.7. The monoisotopic (exact) mass is 655 g/mol. The lowest BCUT2D eigenvalue weighted by Gasteiger charge is -2.17. The third-order valence-electron chi connectivity index (χ3n) is 6.40. The van der Waals surface area contributed by atoms with Crippen molar-refractivity contribution < 1.29 is 22.4 Å². The number of nitrogens with zero attached hydrogens (tertiary/aromatic N) is 5. The van der Waals surface area contributed by atoms with Gasteiger partial charge in [0.25, 0.3) is 10.0 Å². The number of hydrogen-bond donors (Lipinski definition) is 2. The predicted octanol–water partition coefficient (Wildman–Crippen LogP) is 3.60. The summed E-state index contributed by atoms with van der Waals surface area (Å²) >= 11 is 2.67. The lowest BCUT2D eigenvalue weighted by molar-refractivity contribution is -0.124. The van der Waals surface area contributed by atoms with E-state index >= 15 is 0 Å². The minimum Gasteiger partial charge on any atom is -0.487 e. The van der Waals surface area contributed by atoms with Gasteiger partial charge in [-0.25, -0.2) is 23.2 Å². The Bertz CT molecular complexity index is 1800. The Kier molecular flexibility index (Phi) is 10.3. The molecule has 5 rings (SSSR count). The van der Waals surface area contributed by atoms with Crippen LogP contribution in [0.1, 0.15) is 28.8 Å². The van der Waals surface area contributed by atoms with Gasteiger partial charge in [0.15, 0.2) is 0 Å². The summed E-state index contributed by atoms with van der Waals surface area (Å²) in [7, 11) is 0.116. The number of aromatic nitrogens is 4. The van der Waals surface area contributed by atoms with Gasteiger partial charge in [0.05, 0.1) is 28.7 Å². The number of rotatable bonds is 15.